The van der Waals surface area contributed by atoms with Gasteiger partial charge >= 0.3 is 0 Å². The number of benzene rings is 1. The van der Waals surface area contributed by atoms with E-state index in [-0.39, 0.29) is 11.9 Å². The van der Waals surface area contributed by atoms with Crippen LogP contribution in [0.4, 0.5) is 0 Å². The second-order valence-electron chi connectivity index (χ2n) is 6.45. The Hall–Kier alpha value is -2.67. The first-order chi connectivity index (χ1) is 13.1. The molecule has 0 aliphatic rings. The number of pyridine rings is 1. The molecule has 0 spiro atoms. The molecule has 3 rings (SSSR count). The van der Waals surface area contributed by atoms with Crippen LogP contribution in [0.15, 0.2) is 60.0 Å². The van der Waals surface area contributed by atoms with Gasteiger partial charge in [0.15, 0.2) is 11.0 Å². The highest BCUT2D eigenvalue weighted by Gasteiger charge is 2.16. The molecule has 7 heteroatoms. The van der Waals surface area contributed by atoms with Crippen LogP contribution in [0.25, 0.3) is 11.4 Å². The first-order valence-electron chi connectivity index (χ1n) is 8.93. The minimum Gasteiger partial charge on any atom is -0.353 e. The molecule has 3 aromatic rings. The summed E-state index contributed by atoms with van der Waals surface area (Å²) in [6.07, 6.45) is 4.38. The van der Waals surface area contributed by atoms with Crippen molar-refractivity contribution in [3.05, 3.63) is 60.4 Å². The molecule has 0 unspecified atom stereocenters. The van der Waals surface area contributed by atoms with Crippen molar-refractivity contribution in [2.45, 2.75) is 38.0 Å². The van der Waals surface area contributed by atoms with Crippen molar-refractivity contribution >= 4 is 17.7 Å². The van der Waals surface area contributed by atoms with Crippen LogP contribution in [0.2, 0.25) is 0 Å². The van der Waals surface area contributed by atoms with Crippen LogP contribution in [0, 0.1) is 0 Å². The van der Waals surface area contributed by atoms with Gasteiger partial charge in [-0.1, -0.05) is 42.1 Å². The first-order valence-corrected chi connectivity index (χ1v) is 9.91. The predicted molar refractivity (Wildman–Crippen MR) is 107 cm³/mol. The van der Waals surface area contributed by atoms with Gasteiger partial charge in [0.25, 0.3) is 0 Å². The summed E-state index contributed by atoms with van der Waals surface area (Å²) in [6.45, 7) is 4.63. The van der Waals surface area contributed by atoms with Crippen LogP contribution in [-0.4, -0.2) is 37.5 Å². The van der Waals surface area contributed by atoms with Crippen molar-refractivity contribution in [2.24, 2.45) is 0 Å². The Morgan fingerprint density at radius 3 is 2.67 bits per heavy atom. The molecule has 0 bridgehead atoms. The zero-order valence-electron chi connectivity index (χ0n) is 15.5. The van der Waals surface area contributed by atoms with Gasteiger partial charge in [0.05, 0.1) is 5.75 Å². The topological polar surface area (TPSA) is 72.7 Å². The molecule has 0 aliphatic carbocycles. The quantitative estimate of drug-likeness (QED) is 0.607. The van der Waals surface area contributed by atoms with Gasteiger partial charge in [0, 0.05) is 30.5 Å². The fourth-order valence-corrected chi connectivity index (χ4v) is 3.46. The largest absolute Gasteiger partial charge is 0.353 e. The number of amides is 1. The standard InChI is InChI=1S/C20H23N5OS/c1-15(2)22-18(26)14-27-20-24-23-19(17-9-6-11-21-13-17)25(20)12-10-16-7-4-3-5-8-16/h3-9,11,13,15H,10,12,14H2,1-2H3,(H,22,26). The van der Waals surface area contributed by atoms with E-state index in [1.165, 1.54) is 17.3 Å². The zero-order valence-corrected chi connectivity index (χ0v) is 16.3. The number of carbonyl (C=O) groups excluding carboxylic acids is 1. The lowest BCUT2D eigenvalue weighted by molar-refractivity contribution is -0.119. The number of aromatic nitrogens is 4. The van der Waals surface area contributed by atoms with Crippen molar-refractivity contribution in [1.29, 1.82) is 0 Å². The fraction of sp³-hybridized carbons (Fsp3) is 0.300. The van der Waals surface area contributed by atoms with Crippen LogP contribution < -0.4 is 5.32 Å². The summed E-state index contributed by atoms with van der Waals surface area (Å²) in [4.78, 5) is 16.2. The van der Waals surface area contributed by atoms with Gasteiger partial charge in [-0.3, -0.25) is 9.78 Å². The van der Waals surface area contributed by atoms with Gasteiger partial charge in [0.1, 0.15) is 0 Å². The van der Waals surface area contributed by atoms with Gasteiger partial charge < -0.3 is 9.88 Å². The first kappa shape index (κ1) is 19.1. The average Bonchev–Trinajstić information content (AvgIpc) is 3.08. The number of hydrogen-bond donors (Lipinski definition) is 1. The second kappa shape index (κ2) is 9.32. The van der Waals surface area contributed by atoms with Gasteiger partial charge in [-0.25, -0.2) is 0 Å². The minimum atomic E-state index is -0.00413. The molecule has 27 heavy (non-hydrogen) atoms. The summed E-state index contributed by atoms with van der Waals surface area (Å²) < 4.78 is 2.07. The summed E-state index contributed by atoms with van der Waals surface area (Å²) in [5, 5.41) is 12.3. The third-order valence-corrected chi connectivity index (χ3v) is 4.85. The molecule has 140 valence electrons. The number of rotatable bonds is 8. The number of carbonyl (C=O) groups is 1. The zero-order chi connectivity index (χ0) is 19.1. The van der Waals surface area contributed by atoms with Crippen LogP contribution in [0.5, 0.6) is 0 Å². The van der Waals surface area contributed by atoms with Crippen molar-refractivity contribution in [2.75, 3.05) is 5.75 Å². The third-order valence-electron chi connectivity index (χ3n) is 3.89. The van der Waals surface area contributed by atoms with E-state index in [0.717, 1.165) is 29.5 Å². The van der Waals surface area contributed by atoms with Gasteiger partial charge in [-0.2, -0.15) is 0 Å². The Kier molecular flexibility index (Phi) is 6.59. The molecule has 0 fully saturated rings. The molecule has 1 aromatic carbocycles. The number of hydrogen-bond acceptors (Lipinski definition) is 5. The summed E-state index contributed by atoms with van der Waals surface area (Å²) in [5.74, 6) is 1.08. The van der Waals surface area contributed by atoms with E-state index in [4.69, 9.17) is 0 Å². The lowest BCUT2D eigenvalue weighted by Gasteiger charge is -2.11. The van der Waals surface area contributed by atoms with Crippen molar-refractivity contribution < 1.29 is 4.79 Å². The lowest BCUT2D eigenvalue weighted by Crippen LogP contribution is -2.31. The van der Waals surface area contributed by atoms with Gasteiger partial charge in [0.2, 0.25) is 5.91 Å². The number of nitrogens with one attached hydrogen (secondary N) is 1. The molecule has 6 nitrogen and oxygen atoms in total. The number of aryl methyl sites for hydroxylation is 1. The highest BCUT2D eigenvalue weighted by Crippen LogP contribution is 2.24. The van der Waals surface area contributed by atoms with Gasteiger partial charge in [-0.05, 0) is 38.0 Å². The lowest BCUT2D eigenvalue weighted by atomic mass is 10.1. The Morgan fingerprint density at radius 1 is 1.15 bits per heavy atom. The Balaban J connectivity index is 1.80. The fourth-order valence-electron chi connectivity index (χ4n) is 2.68. The van der Waals surface area contributed by atoms with E-state index < -0.39 is 0 Å². The number of thioether (sulfide) groups is 1. The molecule has 1 N–H and O–H groups in total. The predicted octanol–water partition coefficient (Wildman–Crippen LogP) is 3.20. The Bertz CT molecular complexity index is 865. The highest BCUT2D eigenvalue weighted by molar-refractivity contribution is 7.99. The molecule has 2 aromatic heterocycles. The smallest absolute Gasteiger partial charge is 0.230 e. The van der Waals surface area contributed by atoms with Crippen molar-refractivity contribution in [1.82, 2.24) is 25.1 Å². The third kappa shape index (κ3) is 5.40. The van der Waals surface area contributed by atoms with E-state index in [9.17, 15) is 4.79 Å². The summed E-state index contributed by atoms with van der Waals surface area (Å²) in [7, 11) is 0. The maximum atomic E-state index is 12.0. The van der Waals surface area contributed by atoms with Crippen LogP contribution in [0.1, 0.15) is 19.4 Å². The minimum absolute atomic E-state index is 0.00413. The molecular formula is C20H23N5OS. The monoisotopic (exact) mass is 381 g/mol. The van der Waals surface area contributed by atoms with Crippen molar-refractivity contribution in [3.63, 3.8) is 0 Å². The molecule has 0 radical (unpaired) electrons. The highest BCUT2D eigenvalue weighted by atomic mass is 32.2. The Morgan fingerprint density at radius 2 is 1.96 bits per heavy atom. The summed E-state index contributed by atoms with van der Waals surface area (Å²) in [5.41, 5.74) is 2.16. The molecule has 0 atom stereocenters. The SMILES string of the molecule is CC(C)NC(=O)CSc1nnc(-c2cccnc2)n1CCc1ccccc1. The normalized spacial score (nSPS) is 10.9. The van der Waals surface area contributed by atoms with E-state index in [1.807, 2.05) is 44.2 Å². The van der Waals surface area contributed by atoms with Crippen molar-refractivity contribution in [3.8, 4) is 11.4 Å². The molecule has 2 heterocycles. The molecule has 0 aliphatic heterocycles. The number of nitrogens with zero attached hydrogens (tertiary/aromatic N) is 4. The summed E-state index contributed by atoms with van der Waals surface area (Å²) in [6, 6.07) is 14.3. The van der Waals surface area contributed by atoms with E-state index in [2.05, 4.69) is 37.2 Å². The molecule has 0 saturated carbocycles. The second-order valence-corrected chi connectivity index (χ2v) is 7.39. The van der Waals surface area contributed by atoms with Crippen LogP contribution in [0.3, 0.4) is 0 Å². The molecular weight excluding hydrogens is 358 g/mol. The van der Waals surface area contributed by atoms with Gasteiger partial charge in [-0.15, -0.1) is 10.2 Å². The van der Waals surface area contributed by atoms with E-state index in [1.54, 1.807) is 12.4 Å². The maximum absolute atomic E-state index is 12.0. The molecule has 1 amide bonds. The van der Waals surface area contributed by atoms with E-state index in [0.29, 0.717) is 5.75 Å². The Labute approximate surface area is 163 Å². The van der Waals surface area contributed by atoms with E-state index >= 15 is 0 Å². The average molecular weight is 382 g/mol. The van der Waals surface area contributed by atoms with Crippen LogP contribution in [-0.2, 0) is 17.8 Å². The summed E-state index contributed by atoms with van der Waals surface area (Å²) >= 11 is 1.40. The van der Waals surface area contributed by atoms with Crippen LogP contribution >= 0.6 is 11.8 Å². The molecule has 0 saturated heterocycles. The maximum Gasteiger partial charge on any atom is 0.230 e.